The number of aromatic nitrogens is 1. The minimum absolute atomic E-state index is 0.105. The third-order valence-corrected chi connectivity index (χ3v) is 2.51. The zero-order chi connectivity index (χ0) is 10.7. The normalized spacial score (nSPS) is 10.3. The third kappa shape index (κ3) is 1.99. The standard InChI is InChI=1S/C8H6F2IN3/c9-8(10)7-5(2-13)4(1-12)6(11)3-14-7/h3,8H,2,13H2. The summed E-state index contributed by atoms with van der Waals surface area (Å²) in [6.45, 7) is -0.105. The van der Waals surface area contributed by atoms with Crippen molar-refractivity contribution in [2.45, 2.75) is 13.0 Å². The fraction of sp³-hybridized carbons (Fsp3) is 0.250. The highest BCUT2D eigenvalue weighted by Gasteiger charge is 2.18. The molecule has 0 unspecified atom stereocenters. The van der Waals surface area contributed by atoms with E-state index in [4.69, 9.17) is 11.0 Å². The van der Waals surface area contributed by atoms with Crippen molar-refractivity contribution in [1.29, 1.82) is 5.26 Å². The van der Waals surface area contributed by atoms with Crippen LogP contribution in [0.15, 0.2) is 6.20 Å². The molecular weight excluding hydrogens is 303 g/mol. The maximum absolute atomic E-state index is 12.4. The fourth-order valence-electron chi connectivity index (χ4n) is 1.06. The highest BCUT2D eigenvalue weighted by molar-refractivity contribution is 14.1. The van der Waals surface area contributed by atoms with E-state index in [0.29, 0.717) is 3.57 Å². The smallest absolute Gasteiger partial charge is 0.280 e. The first-order valence-electron chi connectivity index (χ1n) is 3.67. The number of halogens is 3. The van der Waals surface area contributed by atoms with E-state index >= 15 is 0 Å². The molecule has 14 heavy (non-hydrogen) atoms. The number of pyridine rings is 1. The van der Waals surface area contributed by atoms with Crippen LogP contribution in [0.2, 0.25) is 0 Å². The van der Waals surface area contributed by atoms with Gasteiger partial charge in [-0.1, -0.05) is 0 Å². The van der Waals surface area contributed by atoms with Crippen LogP contribution in [0.4, 0.5) is 8.78 Å². The molecule has 1 aromatic heterocycles. The Morgan fingerprint density at radius 2 is 2.29 bits per heavy atom. The summed E-state index contributed by atoms with van der Waals surface area (Å²) in [6.07, 6.45) is -1.45. The molecule has 3 nitrogen and oxygen atoms in total. The van der Waals surface area contributed by atoms with Crippen LogP contribution >= 0.6 is 22.6 Å². The molecule has 0 amide bonds. The van der Waals surface area contributed by atoms with Crippen molar-refractivity contribution in [2.24, 2.45) is 5.73 Å². The lowest BCUT2D eigenvalue weighted by molar-refractivity contribution is 0.144. The molecule has 6 heteroatoms. The zero-order valence-electron chi connectivity index (χ0n) is 6.97. The summed E-state index contributed by atoms with van der Waals surface area (Å²) in [4.78, 5) is 3.57. The highest BCUT2D eigenvalue weighted by Crippen LogP contribution is 2.25. The summed E-state index contributed by atoms with van der Waals surface area (Å²) in [6, 6.07) is 1.85. The topological polar surface area (TPSA) is 62.7 Å². The van der Waals surface area contributed by atoms with Gasteiger partial charge in [-0.05, 0) is 22.6 Å². The summed E-state index contributed by atoms with van der Waals surface area (Å²) in [5.74, 6) is 0. The Balaban J connectivity index is 3.42. The first kappa shape index (κ1) is 11.3. The number of hydrogen-bond acceptors (Lipinski definition) is 3. The van der Waals surface area contributed by atoms with Crippen LogP contribution in [0.1, 0.15) is 23.2 Å². The second kappa shape index (κ2) is 4.61. The third-order valence-electron chi connectivity index (χ3n) is 1.69. The summed E-state index contributed by atoms with van der Waals surface area (Å²) < 4.78 is 25.4. The number of rotatable bonds is 2. The van der Waals surface area contributed by atoms with Gasteiger partial charge >= 0.3 is 0 Å². The van der Waals surface area contributed by atoms with Gasteiger partial charge in [0.05, 0.1) is 5.56 Å². The minimum atomic E-state index is -2.70. The molecule has 74 valence electrons. The van der Waals surface area contributed by atoms with Crippen LogP contribution in [0.5, 0.6) is 0 Å². The van der Waals surface area contributed by atoms with Crippen LogP contribution in [0, 0.1) is 14.9 Å². The molecule has 1 rings (SSSR count). The number of hydrogen-bond donors (Lipinski definition) is 1. The summed E-state index contributed by atoms with van der Waals surface area (Å²) in [5, 5.41) is 8.75. The van der Waals surface area contributed by atoms with Gasteiger partial charge in [0.25, 0.3) is 6.43 Å². The van der Waals surface area contributed by atoms with Crippen LogP contribution in [0.3, 0.4) is 0 Å². The van der Waals surface area contributed by atoms with E-state index in [1.807, 2.05) is 28.7 Å². The van der Waals surface area contributed by atoms with Gasteiger partial charge in [0, 0.05) is 21.9 Å². The molecule has 0 atom stereocenters. The molecule has 0 bridgehead atoms. The molecule has 0 aromatic carbocycles. The first-order valence-corrected chi connectivity index (χ1v) is 4.75. The van der Waals surface area contributed by atoms with Crippen LogP contribution in [0.25, 0.3) is 0 Å². The number of alkyl halides is 2. The van der Waals surface area contributed by atoms with Crippen LogP contribution < -0.4 is 5.73 Å². The lowest BCUT2D eigenvalue weighted by atomic mass is 10.1. The lowest BCUT2D eigenvalue weighted by Gasteiger charge is -2.08. The van der Waals surface area contributed by atoms with E-state index in [2.05, 4.69) is 4.98 Å². The monoisotopic (exact) mass is 309 g/mol. The first-order chi connectivity index (χ1) is 6.61. The fourth-order valence-corrected chi connectivity index (χ4v) is 1.64. The average Bonchev–Trinajstić information content (AvgIpc) is 2.16. The average molecular weight is 309 g/mol. The van der Waals surface area contributed by atoms with Crippen molar-refractivity contribution in [3.8, 4) is 6.07 Å². The summed E-state index contributed by atoms with van der Waals surface area (Å²) >= 11 is 1.86. The Kier molecular flexibility index (Phi) is 3.71. The second-order valence-corrected chi connectivity index (χ2v) is 3.62. The van der Waals surface area contributed by atoms with Gasteiger partial charge in [0.2, 0.25) is 0 Å². The van der Waals surface area contributed by atoms with Crippen LogP contribution in [-0.4, -0.2) is 4.98 Å². The van der Waals surface area contributed by atoms with Gasteiger partial charge in [0.1, 0.15) is 11.8 Å². The largest absolute Gasteiger partial charge is 0.326 e. The predicted octanol–water partition coefficient (Wildman–Crippen LogP) is 1.95. The molecule has 0 radical (unpaired) electrons. The molecule has 0 aliphatic heterocycles. The maximum atomic E-state index is 12.4. The van der Waals surface area contributed by atoms with E-state index in [0.717, 1.165) is 0 Å². The van der Waals surface area contributed by atoms with E-state index in [1.165, 1.54) is 6.20 Å². The molecule has 1 aromatic rings. The molecule has 0 saturated heterocycles. The number of nitriles is 1. The molecule has 0 fully saturated rings. The van der Waals surface area contributed by atoms with Crippen molar-refractivity contribution in [3.63, 3.8) is 0 Å². The van der Waals surface area contributed by atoms with E-state index in [1.54, 1.807) is 0 Å². The van der Waals surface area contributed by atoms with Gasteiger partial charge in [-0.2, -0.15) is 5.26 Å². The summed E-state index contributed by atoms with van der Waals surface area (Å²) in [7, 11) is 0. The van der Waals surface area contributed by atoms with Gasteiger partial charge < -0.3 is 5.73 Å². The van der Waals surface area contributed by atoms with E-state index < -0.39 is 12.1 Å². The molecule has 0 aliphatic rings. The predicted molar refractivity (Wildman–Crippen MR) is 54.5 cm³/mol. The van der Waals surface area contributed by atoms with Crippen LogP contribution in [-0.2, 0) is 6.54 Å². The lowest BCUT2D eigenvalue weighted by Crippen LogP contribution is -2.08. The van der Waals surface area contributed by atoms with E-state index in [-0.39, 0.29) is 17.7 Å². The Morgan fingerprint density at radius 1 is 1.64 bits per heavy atom. The quantitative estimate of drug-likeness (QED) is 0.849. The van der Waals surface area contributed by atoms with Crippen molar-refractivity contribution in [3.05, 3.63) is 26.6 Å². The molecular formula is C8H6F2IN3. The van der Waals surface area contributed by atoms with Gasteiger partial charge in [-0.15, -0.1) is 0 Å². The molecule has 0 spiro atoms. The molecule has 1 heterocycles. The maximum Gasteiger partial charge on any atom is 0.280 e. The molecule has 0 saturated carbocycles. The SMILES string of the molecule is N#Cc1c(I)cnc(C(F)F)c1CN. The molecule has 0 aliphatic carbocycles. The highest BCUT2D eigenvalue weighted by atomic mass is 127. The summed E-state index contributed by atoms with van der Waals surface area (Å²) in [5.41, 5.74) is 5.23. The minimum Gasteiger partial charge on any atom is -0.326 e. The van der Waals surface area contributed by atoms with Gasteiger partial charge in [-0.25, -0.2) is 8.78 Å². The zero-order valence-corrected chi connectivity index (χ0v) is 9.12. The Hall–Kier alpha value is -0.810. The Bertz CT molecular complexity index is 387. The Labute approximate surface area is 93.1 Å². The number of nitrogens with zero attached hydrogens (tertiary/aromatic N) is 2. The van der Waals surface area contributed by atoms with Crippen molar-refractivity contribution in [2.75, 3.05) is 0 Å². The number of nitrogens with two attached hydrogens (primary N) is 1. The molecule has 2 N–H and O–H groups in total. The van der Waals surface area contributed by atoms with Gasteiger partial charge in [0.15, 0.2) is 0 Å². The van der Waals surface area contributed by atoms with Gasteiger partial charge in [-0.3, -0.25) is 4.98 Å². The Morgan fingerprint density at radius 3 is 2.71 bits per heavy atom. The van der Waals surface area contributed by atoms with E-state index in [9.17, 15) is 8.78 Å². The van der Waals surface area contributed by atoms with Crippen molar-refractivity contribution < 1.29 is 8.78 Å². The second-order valence-electron chi connectivity index (χ2n) is 2.46. The van der Waals surface area contributed by atoms with Crippen molar-refractivity contribution >= 4 is 22.6 Å². The van der Waals surface area contributed by atoms with Crippen molar-refractivity contribution in [1.82, 2.24) is 4.98 Å².